The predicted molar refractivity (Wildman–Crippen MR) is 113 cm³/mol. The first-order valence-electron chi connectivity index (χ1n) is 8.62. The summed E-state index contributed by atoms with van der Waals surface area (Å²) in [5.41, 5.74) is 9.21. The number of carbonyl (C=O) groups is 1. The van der Waals surface area contributed by atoms with Crippen LogP contribution in [0, 0.1) is 5.92 Å². The molecular weight excluding hydrogens is 385 g/mol. The number of nitrogens with zero attached hydrogens (tertiary/aromatic N) is 2. The van der Waals surface area contributed by atoms with Gasteiger partial charge in [-0.3, -0.25) is 4.79 Å². The SMILES string of the molecule is CC(C)Cn1cncc1CNC(=O)[C@H](N)Cc1c[nH]c2ccccc12.Cl.Cl. The number of aromatic nitrogens is 3. The highest BCUT2D eigenvalue weighted by atomic mass is 35.5. The number of para-hydroxylation sites is 1. The van der Waals surface area contributed by atoms with Gasteiger partial charge in [-0.25, -0.2) is 4.98 Å². The number of fused-ring (bicyclic) bond motifs is 1. The van der Waals surface area contributed by atoms with E-state index in [1.165, 1.54) is 0 Å². The monoisotopic (exact) mass is 411 g/mol. The van der Waals surface area contributed by atoms with Crippen LogP contribution in [0.3, 0.4) is 0 Å². The molecule has 6 nitrogen and oxygen atoms in total. The fourth-order valence-electron chi connectivity index (χ4n) is 2.99. The molecule has 0 aliphatic carbocycles. The number of aromatic amines is 1. The fourth-order valence-corrected chi connectivity index (χ4v) is 2.99. The third kappa shape index (κ3) is 5.73. The molecule has 0 aliphatic rings. The van der Waals surface area contributed by atoms with E-state index >= 15 is 0 Å². The van der Waals surface area contributed by atoms with E-state index in [1.807, 2.05) is 30.5 Å². The number of hydrogen-bond donors (Lipinski definition) is 3. The standard InChI is InChI=1S/C19H25N5O.2ClH/c1-13(2)11-24-12-21-9-15(24)10-23-19(25)17(20)7-14-8-22-18-6-4-3-5-16(14)18;;/h3-6,8-9,12-13,17,22H,7,10-11,20H2,1-2H3,(H,23,25);2*1H/t17-;;/m1../s1. The molecule has 1 atom stereocenters. The van der Waals surface area contributed by atoms with Crippen molar-refractivity contribution in [2.75, 3.05) is 0 Å². The summed E-state index contributed by atoms with van der Waals surface area (Å²) in [5, 5.41) is 4.04. The molecule has 3 rings (SSSR count). The summed E-state index contributed by atoms with van der Waals surface area (Å²) in [6, 6.07) is 7.44. The van der Waals surface area contributed by atoms with Gasteiger partial charge in [-0.1, -0.05) is 32.0 Å². The first-order valence-corrected chi connectivity index (χ1v) is 8.62. The summed E-state index contributed by atoms with van der Waals surface area (Å²) in [6.07, 6.45) is 6.01. The molecule has 0 unspecified atom stereocenters. The largest absolute Gasteiger partial charge is 0.361 e. The molecule has 1 amide bonds. The Labute approximate surface area is 171 Å². The Balaban J connectivity index is 0.00000182. The van der Waals surface area contributed by atoms with Gasteiger partial charge in [0, 0.05) is 29.8 Å². The third-order valence-corrected chi connectivity index (χ3v) is 4.26. The van der Waals surface area contributed by atoms with Gasteiger partial charge in [-0.2, -0.15) is 0 Å². The zero-order valence-electron chi connectivity index (χ0n) is 15.5. The summed E-state index contributed by atoms with van der Waals surface area (Å²) in [5.74, 6) is 0.371. The maximum absolute atomic E-state index is 12.4. The lowest BCUT2D eigenvalue weighted by molar-refractivity contribution is -0.122. The molecule has 4 N–H and O–H groups in total. The second-order valence-electron chi connectivity index (χ2n) is 6.82. The van der Waals surface area contributed by atoms with E-state index in [0.29, 0.717) is 18.9 Å². The van der Waals surface area contributed by atoms with Crippen LogP contribution in [0.2, 0.25) is 0 Å². The van der Waals surface area contributed by atoms with Gasteiger partial charge in [-0.05, 0) is 24.0 Å². The number of amides is 1. The van der Waals surface area contributed by atoms with E-state index in [2.05, 4.69) is 33.7 Å². The number of benzene rings is 1. The van der Waals surface area contributed by atoms with E-state index in [4.69, 9.17) is 5.73 Å². The Morgan fingerprint density at radius 2 is 2.04 bits per heavy atom. The number of rotatable bonds is 7. The van der Waals surface area contributed by atoms with Crippen LogP contribution in [0.1, 0.15) is 25.1 Å². The van der Waals surface area contributed by atoms with Gasteiger partial charge in [0.15, 0.2) is 0 Å². The van der Waals surface area contributed by atoms with Crippen LogP contribution >= 0.6 is 24.8 Å². The van der Waals surface area contributed by atoms with Gasteiger partial charge in [0.2, 0.25) is 5.91 Å². The minimum Gasteiger partial charge on any atom is -0.361 e. The molecule has 3 aromatic rings. The number of nitrogens with two attached hydrogens (primary N) is 1. The summed E-state index contributed by atoms with van der Waals surface area (Å²) in [7, 11) is 0. The van der Waals surface area contributed by atoms with E-state index in [0.717, 1.165) is 28.7 Å². The molecule has 148 valence electrons. The Morgan fingerprint density at radius 3 is 2.78 bits per heavy atom. The van der Waals surface area contributed by atoms with E-state index in [9.17, 15) is 4.79 Å². The fraction of sp³-hybridized carbons (Fsp3) is 0.368. The van der Waals surface area contributed by atoms with Crippen molar-refractivity contribution in [1.29, 1.82) is 0 Å². The average molecular weight is 412 g/mol. The maximum atomic E-state index is 12.4. The normalized spacial score (nSPS) is 11.7. The number of halogens is 2. The Morgan fingerprint density at radius 1 is 1.30 bits per heavy atom. The van der Waals surface area contributed by atoms with E-state index in [-0.39, 0.29) is 30.7 Å². The molecule has 0 spiro atoms. The van der Waals surface area contributed by atoms with Crippen molar-refractivity contribution in [1.82, 2.24) is 19.9 Å². The van der Waals surface area contributed by atoms with Gasteiger partial charge in [0.1, 0.15) is 0 Å². The van der Waals surface area contributed by atoms with Crippen molar-refractivity contribution >= 4 is 41.6 Å². The summed E-state index contributed by atoms with van der Waals surface area (Å²) < 4.78 is 2.07. The number of hydrogen-bond acceptors (Lipinski definition) is 3. The van der Waals surface area contributed by atoms with Crippen LogP contribution in [0.25, 0.3) is 10.9 Å². The summed E-state index contributed by atoms with van der Waals surface area (Å²) >= 11 is 0. The molecule has 0 saturated heterocycles. The van der Waals surface area contributed by atoms with Crippen LogP contribution in [-0.2, 0) is 24.3 Å². The van der Waals surface area contributed by atoms with Gasteiger partial charge < -0.3 is 20.6 Å². The second kappa shape index (κ2) is 10.3. The van der Waals surface area contributed by atoms with Crippen molar-refractivity contribution in [3.8, 4) is 0 Å². The summed E-state index contributed by atoms with van der Waals surface area (Å²) in [6.45, 7) is 5.62. The quantitative estimate of drug-likeness (QED) is 0.557. The van der Waals surface area contributed by atoms with Crippen molar-refractivity contribution in [3.05, 3.63) is 54.2 Å². The Kier molecular flexibility index (Phi) is 8.82. The lowest BCUT2D eigenvalue weighted by Gasteiger charge is -2.14. The Bertz CT molecular complexity index is 859. The molecule has 2 heterocycles. The third-order valence-electron chi connectivity index (χ3n) is 4.26. The number of carbonyl (C=O) groups excluding carboxylic acids is 1. The average Bonchev–Trinajstić information content (AvgIpc) is 3.19. The summed E-state index contributed by atoms with van der Waals surface area (Å²) in [4.78, 5) is 19.7. The van der Waals surface area contributed by atoms with Crippen molar-refractivity contribution in [2.24, 2.45) is 11.7 Å². The number of imidazole rings is 1. The zero-order valence-corrected chi connectivity index (χ0v) is 17.1. The van der Waals surface area contributed by atoms with Crippen LogP contribution in [0.4, 0.5) is 0 Å². The van der Waals surface area contributed by atoms with Crippen molar-refractivity contribution < 1.29 is 4.79 Å². The highest BCUT2D eigenvalue weighted by Crippen LogP contribution is 2.18. The highest BCUT2D eigenvalue weighted by molar-refractivity contribution is 5.86. The molecule has 0 aliphatic heterocycles. The zero-order chi connectivity index (χ0) is 17.8. The van der Waals surface area contributed by atoms with Crippen LogP contribution in [-0.4, -0.2) is 26.5 Å². The lowest BCUT2D eigenvalue weighted by Crippen LogP contribution is -2.41. The molecule has 1 aromatic carbocycles. The van der Waals surface area contributed by atoms with Gasteiger partial charge >= 0.3 is 0 Å². The minimum atomic E-state index is -0.583. The number of H-pyrrole nitrogens is 1. The highest BCUT2D eigenvalue weighted by Gasteiger charge is 2.16. The molecule has 0 saturated carbocycles. The van der Waals surface area contributed by atoms with E-state index < -0.39 is 6.04 Å². The number of nitrogens with one attached hydrogen (secondary N) is 2. The predicted octanol–water partition coefficient (Wildman–Crippen LogP) is 3.05. The topological polar surface area (TPSA) is 88.7 Å². The molecule has 0 bridgehead atoms. The lowest BCUT2D eigenvalue weighted by atomic mass is 10.1. The Hall–Kier alpha value is -2.02. The van der Waals surface area contributed by atoms with Gasteiger partial charge in [0.25, 0.3) is 0 Å². The van der Waals surface area contributed by atoms with Crippen molar-refractivity contribution in [2.45, 2.75) is 39.4 Å². The van der Waals surface area contributed by atoms with Gasteiger partial charge in [-0.15, -0.1) is 24.8 Å². The van der Waals surface area contributed by atoms with Gasteiger partial charge in [0.05, 0.1) is 24.6 Å². The molecule has 0 fully saturated rings. The van der Waals surface area contributed by atoms with Crippen molar-refractivity contribution in [3.63, 3.8) is 0 Å². The second-order valence-corrected chi connectivity index (χ2v) is 6.82. The smallest absolute Gasteiger partial charge is 0.237 e. The van der Waals surface area contributed by atoms with Crippen LogP contribution < -0.4 is 11.1 Å². The first-order chi connectivity index (χ1) is 12.0. The molecular formula is C19H27Cl2N5O. The van der Waals surface area contributed by atoms with Crippen LogP contribution in [0.15, 0.2) is 43.0 Å². The van der Waals surface area contributed by atoms with E-state index in [1.54, 1.807) is 12.5 Å². The molecule has 0 radical (unpaired) electrons. The maximum Gasteiger partial charge on any atom is 0.237 e. The molecule has 2 aromatic heterocycles. The molecule has 27 heavy (non-hydrogen) atoms. The van der Waals surface area contributed by atoms with Crippen LogP contribution in [0.5, 0.6) is 0 Å². The minimum absolute atomic E-state index is 0. The first kappa shape index (κ1) is 23.0. The molecule has 8 heteroatoms.